The van der Waals surface area contributed by atoms with Crippen LogP contribution in [0, 0.1) is 0 Å². The van der Waals surface area contributed by atoms with Gasteiger partial charge in [0.15, 0.2) is 18.3 Å². The fourth-order valence-corrected chi connectivity index (χ4v) is 14.2. The molecule has 0 aromatic heterocycles. The molecule has 6 rings (SSSR count). The van der Waals surface area contributed by atoms with Gasteiger partial charge in [-0.05, 0) is 51.8 Å². The lowest BCUT2D eigenvalue weighted by Crippen LogP contribution is -2.72. The smallest absolute Gasteiger partial charge is 0.366 e. The average Bonchev–Trinajstić information content (AvgIpc) is 3.52. The molecule has 21 nitrogen and oxygen atoms in total. The van der Waals surface area contributed by atoms with Crippen molar-refractivity contribution in [3.05, 3.63) is 121 Å². The number of aliphatic hydroxyl groups excluding tert-OH is 1. The molecule has 2 N–H and O–H groups in total. The van der Waals surface area contributed by atoms with E-state index < -0.39 is 135 Å². The van der Waals surface area contributed by atoms with Crippen LogP contribution >= 0.6 is 0 Å². The van der Waals surface area contributed by atoms with Crippen molar-refractivity contribution < 1.29 is 95.2 Å². The largest absolute Gasteiger partial charge is 0.497 e. The average molecular weight is 1100 g/mol. The number of nitrogens with one attached hydrogen (secondary N) is 1. The van der Waals surface area contributed by atoms with Crippen molar-refractivity contribution in [2.24, 2.45) is 0 Å². The molecule has 2 aliphatic rings. The molecule has 2 heterocycles. The molecule has 22 heteroatoms. The second-order valence-corrected chi connectivity index (χ2v) is 23.9. The number of rotatable bonds is 21. The number of carbonyl (C=O) groups excluding carboxylic acids is 7. The predicted octanol–water partition coefficient (Wildman–Crippen LogP) is 3.87. The first kappa shape index (κ1) is 60.0. The topological polar surface area (TPSA) is 263 Å². The SMILES string of the molecule is COC(=O)[C@@]1(O[C@H]2[C@@H](O)[C@@H](CO[Si](c3ccccc3)(c3ccccc3)C(C)(C)C)O[C@@H](Oc3ccc(OC)cc3)[C@@H]2OC(=O)c2ccccc2)C[C@H](OC(C)=O)[C@@H](NC(C)=O)[C@H]([C@H](OC(C)=O)[C@@H](COC(C)=O)OC(C)=O)O1. The predicted molar refractivity (Wildman–Crippen MR) is 278 cm³/mol. The van der Waals surface area contributed by atoms with Gasteiger partial charge in [0.1, 0.15) is 48.6 Å². The Balaban J connectivity index is 1.59. The number of hydrogen-bond acceptors (Lipinski definition) is 20. The van der Waals surface area contributed by atoms with Gasteiger partial charge >= 0.3 is 35.8 Å². The van der Waals surface area contributed by atoms with Crippen molar-refractivity contribution in [2.45, 2.75) is 134 Å². The summed E-state index contributed by atoms with van der Waals surface area (Å²) in [7, 11) is -0.991. The second-order valence-electron chi connectivity index (χ2n) is 19.5. The molecular weight excluding hydrogens is 1030 g/mol. The first-order chi connectivity index (χ1) is 37.0. The Morgan fingerprint density at radius 1 is 0.718 bits per heavy atom. The Bertz CT molecular complexity index is 2650. The Morgan fingerprint density at radius 3 is 1.78 bits per heavy atom. The first-order valence-electron chi connectivity index (χ1n) is 25.0. The van der Waals surface area contributed by atoms with Gasteiger partial charge in [-0.2, -0.15) is 0 Å². The minimum Gasteiger partial charge on any atom is -0.497 e. The first-order valence-corrected chi connectivity index (χ1v) is 26.9. The summed E-state index contributed by atoms with van der Waals surface area (Å²) in [6.07, 6.45) is -17.1. The molecule has 4 aromatic carbocycles. The third-order valence-electron chi connectivity index (χ3n) is 12.9. The van der Waals surface area contributed by atoms with Crippen LogP contribution < -0.4 is 25.2 Å². The molecular formula is C56H67NO20Si. The van der Waals surface area contributed by atoms with Crippen LogP contribution in [0.5, 0.6) is 11.5 Å². The summed E-state index contributed by atoms with van der Waals surface area (Å²) >= 11 is 0. The Hall–Kier alpha value is -7.21. The van der Waals surface area contributed by atoms with Crippen molar-refractivity contribution in [1.82, 2.24) is 5.32 Å². The van der Waals surface area contributed by atoms with Gasteiger partial charge in [0.2, 0.25) is 12.2 Å². The van der Waals surface area contributed by atoms with E-state index in [0.717, 1.165) is 52.1 Å². The number of hydrogen-bond donors (Lipinski definition) is 2. The van der Waals surface area contributed by atoms with Gasteiger partial charge in [-0.1, -0.05) is 99.6 Å². The maximum Gasteiger partial charge on any atom is 0.366 e. The van der Waals surface area contributed by atoms with Gasteiger partial charge in [0.25, 0.3) is 14.1 Å². The van der Waals surface area contributed by atoms with Crippen LogP contribution in [0.2, 0.25) is 5.04 Å². The molecule has 0 bridgehead atoms. The van der Waals surface area contributed by atoms with Crippen molar-refractivity contribution in [2.75, 3.05) is 27.4 Å². The molecule has 0 aliphatic carbocycles. The van der Waals surface area contributed by atoms with E-state index in [1.54, 1.807) is 42.5 Å². The number of benzene rings is 4. The maximum absolute atomic E-state index is 14.9. The van der Waals surface area contributed by atoms with E-state index in [1.165, 1.54) is 19.2 Å². The van der Waals surface area contributed by atoms with Gasteiger partial charge < -0.3 is 67.0 Å². The number of carbonyl (C=O) groups is 7. The lowest BCUT2D eigenvalue weighted by Gasteiger charge is -2.51. The Labute approximate surface area is 453 Å². The summed E-state index contributed by atoms with van der Waals surface area (Å²) in [5.41, 5.74) is 0.0457. The highest BCUT2D eigenvalue weighted by atomic mass is 28.4. The third-order valence-corrected chi connectivity index (χ3v) is 17.9. The van der Waals surface area contributed by atoms with Crippen molar-refractivity contribution >= 4 is 60.4 Å². The van der Waals surface area contributed by atoms with E-state index >= 15 is 0 Å². The number of aliphatic hydroxyl groups is 1. The number of esters is 6. The van der Waals surface area contributed by atoms with E-state index in [4.69, 9.17) is 56.5 Å². The monoisotopic (exact) mass is 1100 g/mol. The van der Waals surface area contributed by atoms with E-state index in [9.17, 15) is 38.7 Å². The van der Waals surface area contributed by atoms with Gasteiger partial charge in [-0.3, -0.25) is 24.0 Å². The lowest BCUT2D eigenvalue weighted by atomic mass is 9.87. The van der Waals surface area contributed by atoms with Crippen molar-refractivity contribution in [3.8, 4) is 11.5 Å². The zero-order valence-corrected chi connectivity index (χ0v) is 46.1. The van der Waals surface area contributed by atoms with Crippen LogP contribution in [-0.4, -0.2) is 150 Å². The summed E-state index contributed by atoms with van der Waals surface area (Å²) in [5.74, 6) is -9.11. The van der Waals surface area contributed by atoms with Crippen LogP contribution in [-0.2, 0) is 75.8 Å². The highest BCUT2D eigenvalue weighted by Crippen LogP contribution is 2.42. The Morgan fingerprint density at radius 2 is 1.28 bits per heavy atom. The molecule has 2 fully saturated rings. The fourth-order valence-electron chi connectivity index (χ4n) is 9.65. The summed E-state index contributed by atoms with van der Waals surface area (Å²) < 4.78 is 73.4. The highest BCUT2D eigenvalue weighted by molar-refractivity contribution is 6.99. The number of amides is 1. The summed E-state index contributed by atoms with van der Waals surface area (Å²) in [6, 6.07) is 31.8. The van der Waals surface area contributed by atoms with Crippen LogP contribution in [0.4, 0.5) is 0 Å². The molecule has 11 atom stereocenters. The molecule has 0 saturated carbocycles. The Kier molecular flexibility index (Phi) is 20.3. The molecule has 0 radical (unpaired) electrons. The third kappa shape index (κ3) is 14.5. The van der Waals surface area contributed by atoms with Gasteiger partial charge in [0, 0.05) is 34.6 Å². The van der Waals surface area contributed by atoms with E-state index in [1.807, 2.05) is 81.4 Å². The second kappa shape index (κ2) is 26.4. The molecule has 420 valence electrons. The minimum absolute atomic E-state index is 0.0457. The summed E-state index contributed by atoms with van der Waals surface area (Å²) in [5, 5.41) is 16.8. The number of methoxy groups -OCH3 is 2. The summed E-state index contributed by atoms with van der Waals surface area (Å²) in [6.45, 7) is 10.2. The molecule has 4 aromatic rings. The zero-order chi connectivity index (χ0) is 57.0. The molecule has 0 unspecified atom stereocenters. The van der Waals surface area contributed by atoms with E-state index in [0.29, 0.717) is 5.75 Å². The molecule has 78 heavy (non-hydrogen) atoms. The van der Waals surface area contributed by atoms with Crippen molar-refractivity contribution in [1.29, 1.82) is 0 Å². The van der Waals surface area contributed by atoms with E-state index in [-0.39, 0.29) is 17.9 Å². The maximum atomic E-state index is 14.9. The molecule has 2 aliphatic heterocycles. The summed E-state index contributed by atoms with van der Waals surface area (Å²) in [4.78, 5) is 93.4. The number of ether oxygens (including phenoxy) is 11. The van der Waals surface area contributed by atoms with E-state index in [2.05, 4.69) is 5.32 Å². The van der Waals surface area contributed by atoms with Crippen molar-refractivity contribution in [3.63, 3.8) is 0 Å². The van der Waals surface area contributed by atoms with Crippen LogP contribution in [0.15, 0.2) is 115 Å². The molecule has 1 amide bonds. The van der Waals surface area contributed by atoms with Gasteiger partial charge in [0.05, 0.1) is 38.9 Å². The standard InChI is InChI=1S/C56H67NO20Si/c1-33(58)57-46-43(70-35(3)60)30-56(54(65)67-10,76-49(46)48(72-37(5)62)45(71-36(4)61)31-68-34(2)59)77-50-47(63)44(32-69-78(55(6,7)8,41-22-16-12-17-23-41)42-24-18-13-19-25-42)74-53(73-40-28-26-39(66-9)27-29-40)51(50)75-52(64)38-20-14-11-15-21-38/h11-29,43-51,53,63H,30-32H2,1-10H3,(H,57,58)/t43-,44+,45+,46+,47-,48+,49+,50-,51+,53+,56-/m0/s1. The van der Waals surface area contributed by atoms with Gasteiger partial charge in [-0.25, -0.2) is 9.59 Å². The highest BCUT2D eigenvalue weighted by Gasteiger charge is 2.63. The van der Waals surface area contributed by atoms with Gasteiger partial charge in [-0.15, -0.1) is 0 Å². The molecule has 2 saturated heterocycles. The van der Waals surface area contributed by atoms with Crippen LogP contribution in [0.25, 0.3) is 0 Å². The quantitative estimate of drug-likeness (QED) is 0.0682. The van der Waals surface area contributed by atoms with Crippen LogP contribution in [0.1, 0.15) is 72.2 Å². The van der Waals surface area contributed by atoms with Crippen LogP contribution in [0.3, 0.4) is 0 Å². The lowest BCUT2D eigenvalue weighted by molar-refractivity contribution is -0.363. The minimum atomic E-state index is -3.44. The fraction of sp³-hybridized carbons (Fsp3) is 0.446. The normalized spacial score (nSPS) is 23.9. The molecule has 0 spiro atoms. The zero-order valence-electron chi connectivity index (χ0n) is 45.1.